The molecular weight excluding hydrogens is 284 g/mol. The topological polar surface area (TPSA) is 51.2 Å². The zero-order valence-electron chi connectivity index (χ0n) is 12.6. The van der Waals surface area contributed by atoms with Crippen LogP contribution in [0.25, 0.3) is 0 Å². The Morgan fingerprint density at radius 2 is 2.05 bits per heavy atom. The predicted molar refractivity (Wildman–Crippen MR) is 84.8 cm³/mol. The minimum Gasteiger partial charge on any atom is -0.489 e. The summed E-state index contributed by atoms with van der Waals surface area (Å²) in [5.41, 5.74) is 2.02. The van der Waals surface area contributed by atoms with Crippen molar-refractivity contribution in [3.8, 4) is 5.75 Å². The van der Waals surface area contributed by atoms with Crippen LogP contribution in [0.2, 0.25) is 0 Å². The molecule has 1 atom stereocenters. The number of amides is 1. The van der Waals surface area contributed by atoms with Gasteiger partial charge in [0.2, 0.25) is 5.91 Å². The van der Waals surface area contributed by atoms with E-state index in [-0.39, 0.29) is 12.0 Å². The molecule has 1 heterocycles. The number of hydrogen-bond donors (Lipinski definition) is 1. The van der Waals surface area contributed by atoms with Crippen LogP contribution < -0.4 is 10.1 Å². The lowest BCUT2D eigenvalue weighted by Gasteiger charge is -2.15. The van der Waals surface area contributed by atoms with Crippen LogP contribution in [-0.2, 0) is 11.2 Å². The first-order chi connectivity index (χ1) is 10.0. The van der Waals surface area contributed by atoms with Crippen molar-refractivity contribution in [2.75, 3.05) is 6.54 Å². The van der Waals surface area contributed by atoms with Crippen LogP contribution in [0.1, 0.15) is 23.2 Å². The lowest BCUT2D eigenvalue weighted by atomic mass is 10.2. The Labute approximate surface area is 129 Å². The van der Waals surface area contributed by atoms with Gasteiger partial charge < -0.3 is 10.1 Å². The summed E-state index contributed by atoms with van der Waals surface area (Å²) in [7, 11) is 0. The van der Waals surface area contributed by atoms with Gasteiger partial charge in [0.25, 0.3) is 0 Å². The maximum Gasteiger partial charge on any atom is 0.226 e. The molecule has 0 radical (unpaired) electrons. The van der Waals surface area contributed by atoms with E-state index >= 15 is 0 Å². The normalized spacial score (nSPS) is 12.0. The summed E-state index contributed by atoms with van der Waals surface area (Å²) < 4.78 is 5.75. The molecule has 1 amide bonds. The zero-order valence-corrected chi connectivity index (χ0v) is 13.4. The summed E-state index contributed by atoms with van der Waals surface area (Å²) in [5, 5.41) is 5.77. The largest absolute Gasteiger partial charge is 0.489 e. The molecule has 0 spiro atoms. The SMILES string of the molecule is Cc1ccc(OC(C)CNC(=O)Cc2csc(C)n2)cc1. The highest BCUT2D eigenvalue weighted by molar-refractivity contribution is 7.09. The first-order valence-corrected chi connectivity index (χ1v) is 7.82. The van der Waals surface area contributed by atoms with Crippen molar-refractivity contribution in [1.82, 2.24) is 10.3 Å². The van der Waals surface area contributed by atoms with Crippen molar-refractivity contribution in [3.05, 3.63) is 45.9 Å². The minimum atomic E-state index is -0.0752. The van der Waals surface area contributed by atoms with Gasteiger partial charge in [0.15, 0.2) is 0 Å². The van der Waals surface area contributed by atoms with Crippen LogP contribution in [0.15, 0.2) is 29.6 Å². The summed E-state index contributed by atoms with van der Waals surface area (Å²) in [5.74, 6) is 0.789. The maximum absolute atomic E-state index is 11.8. The average Bonchev–Trinajstić information content (AvgIpc) is 2.84. The van der Waals surface area contributed by atoms with Gasteiger partial charge in [-0.2, -0.15) is 0 Å². The second kappa shape index (κ2) is 7.22. The molecule has 0 aliphatic rings. The van der Waals surface area contributed by atoms with Crippen LogP contribution in [0, 0.1) is 13.8 Å². The van der Waals surface area contributed by atoms with E-state index in [0.717, 1.165) is 16.5 Å². The Balaban J connectivity index is 1.74. The predicted octanol–water partition coefficient (Wildman–Crippen LogP) is 2.89. The number of rotatable bonds is 6. The summed E-state index contributed by atoms with van der Waals surface area (Å²) in [6.45, 7) is 6.39. The van der Waals surface area contributed by atoms with Gasteiger partial charge in [-0.1, -0.05) is 17.7 Å². The average molecular weight is 304 g/mol. The number of carbonyl (C=O) groups excluding carboxylic acids is 1. The summed E-state index contributed by atoms with van der Waals surface area (Å²) in [6, 6.07) is 7.88. The summed E-state index contributed by atoms with van der Waals surface area (Å²) >= 11 is 1.56. The molecule has 2 aromatic rings. The van der Waals surface area contributed by atoms with Gasteiger partial charge >= 0.3 is 0 Å². The molecule has 0 aliphatic heterocycles. The standard InChI is InChI=1S/C16H20N2O2S/c1-11-4-6-15(7-5-11)20-12(2)9-17-16(19)8-14-10-21-13(3)18-14/h4-7,10,12H,8-9H2,1-3H3,(H,17,19). The minimum absolute atomic E-state index is 0.0281. The second-order valence-electron chi connectivity index (χ2n) is 5.08. The van der Waals surface area contributed by atoms with Crippen molar-refractivity contribution < 1.29 is 9.53 Å². The molecule has 1 unspecified atom stereocenters. The molecule has 112 valence electrons. The van der Waals surface area contributed by atoms with Crippen molar-refractivity contribution in [2.45, 2.75) is 33.3 Å². The molecule has 1 aromatic heterocycles. The molecule has 0 aliphatic carbocycles. The van der Waals surface area contributed by atoms with E-state index in [9.17, 15) is 4.79 Å². The van der Waals surface area contributed by atoms with Crippen molar-refractivity contribution >= 4 is 17.2 Å². The molecule has 0 bridgehead atoms. The zero-order chi connectivity index (χ0) is 15.2. The van der Waals surface area contributed by atoms with E-state index in [1.165, 1.54) is 5.56 Å². The third kappa shape index (κ3) is 5.19. The van der Waals surface area contributed by atoms with Crippen molar-refractivity contribution in [1.29, 1.82) is 0 Å². The van der Waals surface area contributed by atoms with Crippen LogP contribution in [0.3, 0.4) is 0 Å². The van der Waals surface area contributed by atoms with E-state index in [1.807, 2.05) is 50.4 Å². The molecule has 0 saturated heterocycles. The quantitative estimate of drug-likeness (QED) is 0.893. The number of nitrogens with zero attached hydrogens (tertiary/aromatic N) is 1. The van der Waals surface area contributed by atoms with E-state index in [0.29, 0.717) is 13.0 Å². The van der Waals surface area contributed by atoms with Crippen molar-refractivity contribution in [2.24, 2.45) is 0 Å². The lowest BCUT2D eigenvalue weighted by molar-refractivity contribution is -0.120. The fourth-order valence-corrected chi connectivity index (χ4v) is 2.48. The molecule has 0 fully saturated rings. The van der Waals surface area contributed by atoms with Crippen LogP contribution in [0.4, 0.5) is 0 Å². The molecule has 1 aromatic carbocycles. The third-order valence-corrected chi connectivity index (χ3v) is 3.78. The van der Waals surface area contributed by atoms with Crippen LogP contribution >= 0.6 is 11.3 Å². The third-order valence-electron chi connectivity index (χ3n) is 2.95. The molecule has 21 heavy (non-hydrogen) atoms. The number of nitrogens with one attached hydrogen (secondary N) is 1. The monoisotopic (exact) mass is 304 g/mol. The summed E-state index contributed by atoms with van der Waals surface area (Å²) in [4.78, 5) is 16.1. The molecule has 2 rings (SSSR count). The number of carbonyl (C=O) groups is 1. The second-order valence-corrected chi connectivity index (χ2v) is 6.14. The van der Waals surface area contributed by atoms with Gasteiger partial charge in [-0.15, -0.1) is 11.3 Å². The molecule has 0 saturated carbocycles. The van der Waals surface area contributed by atoms with Crippen LogP contribution in [0.5, 0.6) is 5.75 Å². The lowest BCUT2D eigenvalue weighted by Crippen LogP contribution is -2.34. The molecular formula is C16H20N2O2S. The first kappa shape index (κ1) is 15.5. The van der Waals surface area contributed by atoms with Gasteiger partial charge in [0.1, 0.15) is 11.9 Å². The highest BCUT2D eigenvalue weighted by atomic mass is 32.1. The number of aryl methyl sites for hydroxylation is 2. The number of aromatic nitrogens is 1. The van der Waals surface area contributed by atoms with Gasteiger partial charge in [0, 0.05) is 5.38 Å². The van der Waals surface area contributed by atoms with Crippen molar-refractivity contribution in [3.63, 3.8) is 0 Å². The van der Waals surface area contributed by atoms with Gasteiger partial charge in [0.05, 0.1) is 23.7 Å². The number of ether oxygens (including phenoxy) is 1. The fraction of sp³-hybridized carbons (Fsp3) is 0.375. The highest BCUT2D eigenvalue weighted by Gasteiger charge is 2.09. The van der Waals surface area contributed by atoms with E-state index in [4.69, 9.17) is 4.74 Å². The van der Waals surface area contributed by atoms with E-state index < -0.39 is 0 Å². The maximum atomic E-state index is 11.8. The summed E-state index contributed by atoms with van der Waals surface area (Å²) in [6.07, 6.45) is 0.246. The number of thiazole rings is 1. The Hall–Kier alpha value is -1.88. The van der Waals surface area contributed by atoms with Gasteiger partial charge in [-0.05, 0) is 32.9 Å². The Bertz CT molecular complexity index is 593. The number of benzene rings is 1. The molecule has 1 N–H and O–H groups in total. The Morgan fingerprint density at radius 1 is 1.33 bits per heavy atom. The van der Waals surface area contributed by atoms with Gasteiger partial charge in [-0.3, -0.25) is 4.79 Å². The fourth-order valence-electron chi connectivity index (χ4n) is 1.86. The first-order valence-electron chi connectivity index (χ1n) is 6.94. The van der Waals surface area contributed by atoms with E-state index in [1.54, 1.807) is 11.3 Å². The molecule has 4 nitrogen and oxygen atoms in total. The van der Waals surface area contributed by atoms with E-state index in [2.05, 4.69) is 10.3 Å². The van der Waals surface area contributed by atoms with Gasteiger partial charge in [-0.25, -0.2) is 4.98 Å². The Kier molecular flexibility index (Phi) is 5.33. The Morgan fingerprint density at radius 3 is 2.67 bits per heavy atom. The smallest absolute Gasteiger partial charge is 0.226 e. The molecule has 5 heteroatoms. The highest BCUT2D eigenvalue weighted by Crippen LogP contribution is 2.13. The number of hydrogen-bond acceptors (Lipinski definition) is 4. The van der Waals surface area contributed by atoms with Crippen LogP contribution in [-0.4, -0.2) is 23.5 Å².